The number of aromatic amines is 1. The van der Waals surface area contributed by atoms with Gasteiger partial charge in [-0.1, -0.05) is 13.3 Å². The van der Waals surface area contributed by atoms with E-state index in [0.29, 0.717) is 37.9 Å². The maximum Gasteiger partial charge on any atom is 0.267 e. The number of fused-ring (bicyclic) bond motifs is 1. The first-order valence-corrected chi connectivity index (χ1v) is 10.7. The number of nitrogens with one attached hydrogen (secondary N) is 2. The van der Waals surface area contributed by atoms with Gasteiger partial charge in [-0.3, -0.25) is 4.79 Å². The van der Waals surface area contributed by atoms with Crippen LogP contribution in [-0.4, -0.2) is 48.5 Å². The molecule has 0 spiro atoms. The molecule has 0 bridgehead atoms. The molecule has 3 rings (SSSR count). The molecule has 2 aromatic rings. The zero-order chi connectivity index (χ0) is 19.6. The van der Waals surface area contributed by atoms with Crippen molar-refractivity contribution in [2.75, 3.05) is 18.8 Å². The lowest BCUT2D eigenvalue weighted by Gasteiger charge is -2.31. The van der Waals surface area contributed by atoms with Gasteiger partial charge in [-0.2, -0.15) is 0 Å². The molecule has 2 heterocycles. The summed E-state index contributed by atoms with van der Waals surface area (Å²) in [5.74, 6) is -2.23. The monoisotopic (exact) mass is 399 g/mol. The van der Waals surface area contributed by atoms with E-state index in [1.807, 2.05) is 6.92 Å². The van der Waals surface area contributed by atoms with Crippen molar-refractivity contribution >= 4 is 26.8 Å². The summed E-state index contributed by atoms with van der Waals surface area (Å²) in [6, 6.07) is 3.51. The maximum atomic E-state index is 13.8. The van der Waals surface area contributed by atoms with E-state index < -0.39 is 27.6 Å². The van der Waals surface area contributed by atoms with Crippen LogP contribution in [0.5, 0.6) is 0 Å². The number of benzene rings is 1. The summed E-state index contributed by atoms with van der Waals surface area (Å²) in [6.45, 7) is 2.68. The normalized spacial score (nSPS) is 16.7. The zero-order valence-corrected chi connectivity index (χ0v) is 15.9. The number of piperidine rings is 1. The first kappa shape index (κ1) is 19.8. The maximum absolute atomic E-state index is 13.8. The van der Waals surface area contributed by atoms with Gasteiger partial charge in [0, 0.05) is 30.0 Å². The molecule has 0 radical (unpaired) electrons. The van der Waals surface area contributed by atoms with Gasteiger partial charge in [-0.05, 0) is 37.5 Å². The van der Waals surface area contributed by atoms with Crippen LogP contribution in [0.25, 0.3) is 10.9 Å². The molecule has 27 heavy (non-hydrogen) atoms. The molecule has 0 aliphatic carbocycles. The molecular weight excluding hydrogens is 376 g/mol. The Bertz CT molecular complexity index is 935. The fourth-order valence-corrected chi connectivity index (χ4v) is 4.94. The van der Waals surface area contributed by atoms with Gasteiger partial charge in [0.2, 0.25) is 10.0 Å². The van der Waals surface area contributed by atoms with E-state index in [4.69, 9.17) is 0 Å². The van der Waals surface area contributed by atoms with E-state index >= 15 is 0 Å². The number of carbonyl (C=O) groups excluding carboxylic acids is 1. The van der Waals surface area contributed by atoms with E-state index in [-0.39, 0.29) is 22.9 Å². The van der Waals surface area contributed by atoms with Crippen molar-refractivity contribution in [3.05, 3.63) is 35.5 Å². The molecule has 0 saturated carbocycles. The van der Waals surface area contributed by atoms with Crippen LogP contribution >= 0.6 is 0 Å². The summed E-state index contributed by atoms with van der Waals surface area (Å²) in [5, 5.41) is 2.86. The number of aromatic nitrogens is 1. The molecule has 1 fully saturated rings. The number of rotatable bonds is 6. The SMILES string of the molecule is CCCCS(=O)(=O)N1CCC(NC(=O)c2cc3c(F)c(F)ccc3[nH]2)CC1. The highest BCUT2D eigenvalue weighted by atomic mass is 32.2. The Balaban J connectivity index is 1.61. The smallest absolute Gasteiger partial charge is 0.267 e. The van der Waals surface area contributed by atoms with Crippen molar-refractivity contribution in [1.29, 1.82) is 0 Å². The number of hydrogen-bond acceptors (Lipinski definition) is 3. The second-order valence-electron chi connectivity index (χ2n) is 6.82. The third kappa shape index (κ3) is 4.30. The topological polar surface area (TPSA) is 82.3 Å². The lowest BCUT2D eigenvalue weighted by Crippen LogP contribution is -2.47. The van der Waals surface area contributed by atoms with Crippen molar-refractivity contribution in [2.45, 2.75) is 38.6 Å². The fourth-order valence-electron chi connectivity index (χ4n) is 3.26. The number of unbranched alkanes of at least 4 members (excludes halogenated alkanes) is 1. The van der Waals surface area contributed by atoms with Crippen molar-refractivity contribution in [3.63, 3.8) is 0 Å². The predicted octanol–water partition coefficient (Wildman–Crippen LogP) is 2.77. The predicted molar refractivity (Wildman–Crippen MR) is 99.0 cm³/mol. The van der Waals surface area contributed by atoms with E-state index in [0.717, 1.165) is 12.5 Å². The molecule has 1 aliphatic heterocycles. The standard InChI is InChI=1S/C18H23F2N3O3S/c1-2-3-10-27(25,26)23-8-6-12(7-9-23)21-18(24)16-11-13-15(22-16)5-4-14(19)17(13)20/h4-5,11-12,22H,2-3,6-10H2,1H3,(H,21,24). The minimum Gasteiger partial charge on any atom is -0.350 e. The van der Waals surface area contributed by atoms with Crippen LogP contribution in [0.2, 0.25) is 0 Å². The molecule has 9 heteroatoms. The molecule has 1 saturated heterocycles. The number of halogens is 2. The number of H-pyrrole nitrogens is 1. The van der Waals surface area contributed by atoms with Gasteiger partial charge in [-0.15, -0.1) is 0 Å². The second kappa shape index (κ2) is 7.93. The highest BCUT2D eigenvalue weighted by molar-refractivity contribution is 7.89. The van der Waals surface area contributed by atoms with Gasteiger partial charge < -0.3 is 10.3 Å². The van der Waals surface area contributed by atoms with Gasteiger partial charge in [0.05, 0.1) is 5.75 Å². The quantitative estimate of drug-likeness (QED) is 0.784. The number of carbonyl (C=O) groups is 1. The minimum absolute atomic E-state index is 0.0250. The Labute approximate surface area is 157 Å². The Morgan fingerprint density at radius 1 is 1.30 bits per heavy atom. The van der Waals surface area contributed by atoms with Crippen molar-refractivity contribution in [3.8, 4) is 0 Å². The molecule has 1 aliphatic rings. The summed E-state index contributed by atoms with van der Waals surface area (Å²) >= 11 is 0. The molecule has 2 N–H and O–H groups in total. The number of sulfonamides is 1. The van der Waals surface area contributed by atoms with Crippen molar-refractivity contribution in [2.24, 2.45) is 0 Å². The van der Waals surface area contributed by atoms with Gasteiger partial charge in [-0.25, -0.2) is 21.5 Å². The van der Waals surface area contributed by atoms with Crippen LogP contribution in [0.4, 0.5) is 8.78 Å². The molecule has 0 atom stereocenters. The largest absolute Gasteiger partial charge is 0.350 e. The summed E-state index contributed by atoms with van der Waals surface area (Å²) < 4.78 is 53.0. The summed E-state index contributed by atoms with van der Waals surface area (Å²) in [4.78, 5) is 15.2. The first-order valence-electron chi connectivity index (χ1n) is 9.07. The van der Waals surface area contributed by atoms with Crippen LogP contribution in [0.1, 0.15) is 43.1 Å². The van der Waals surface area contributed by atoms with E-state index in [1.54, 1.807) is 0 Å². The fraction of sp³-hybridized carbons (Fsp3) is 0.500. The van der Waals surface area contributed by atoms with Crippen molar-refractivity contribution < 1.29 is 22.0 Å². The molecule has 1 aromatic heterocycles. The highest BCUT2D eigenvalue weighted by Crippen LogP contribution is 2.22. The minimum atomic E-state index is -3.24. The average molecular weight is 399 g/mol. The van der Waals surface area contributed by atoms with Crippen LogP contribution in [0.15, 0.2) is 18.2 Å². The third-order valence-corrected chi connectivity index (χ3v) is 6.83. The van der Waals surface area contributed by atoms with Crippen molar-refractivity contribution in [1.82, 2.24) is 14.6 Å². The van der Waals surface area contributed by atoms with Crippen LogP contribution < -0.4 is 5.32 Å². The molecule has 1 amide bonds. The second-order valence-corrected chi connectivity index (χ2v) is 8.91. The Kier molecular flexibility index (Phi) is 5.81. The summed E-state index contributed by atoms with van der Waals surface area (Å²) in [5.41, 5.74) is 0.489. The van der Waals surface area contributed by atoms with Gasteiger partial charge in [0.15, 0.2) is 11.6 Å². The first-order chi connectivity index (χ1) is 12.8. The summed E-state index contributed by atoms with van der Waals surface area (Å²) in [7, 11) is -3.24. The molecule has 148 valence electrons. The van der Waals surface area contributed by atoms with E-state index in [9.17, 15) is 22.0 Å². The number of amides is 1. The Morgan fingerprint density at radius 2 is 2.00 bits per heavy atom. The van der Waals surface area contributed by atoms with Crippen LogP contribution in [0, 0.1) is 11.6 Å². The average Bonchev–Trinajstić information content (AvgIpc) is 3.09. The molecule has 1 aromatic carbocycles. The lowest BCUT2D eigenvalue weighted by atomic mass is 10.1. The molecule has 0 unspecified atom stereocenters. The van der Waals surface area contributed by atoms with E-state index in [1.165, 1.54) is 16.4 Å². The zero-order valence-electron chi connectivity index (χ0n) is 15.1. The number of nitrogens with zero attached hydrogens (tertiary/aromatic N) is 1. The van der Waals surface area contributed by atoms with Gasteiger partial charge in [0.1, 0.15) is 5.69 Å². The highest BCUT2D eigenvalue weighted by Gasteiger charge is 2.28. The number of hydrogen-bond donors (Lipinski definition) is 2. The molecule has 6 nitrogen and oxygen atoms in total. The molecular formula is C18H23F2N3O3S. The summed E-state index contributed by atoms with van der Waals surface area (Å²) in [6.07, 6.45) is 2.48. The third-order valence-electron chi connectivity index (χ3n) is 4.87. The van der Waals surface area contributed by atoms with E-state index in [2.05, 4.69) is 10.3 Å². The lowest BCUT2D eigenvalue weighted by molar-refractivity contribution is 0.0919. The van der Waals surface area contributed by atoms with Gasteiger partial charge >= 0.3 is 0 Å². The van der Waals surface area contributed by atoms with Crippen LogP contribution in [0.3, 0.4) is 0 Å². The Hall–Kier alpha value is -2.00. The van der Waals surface area contributed by atoms with Gasteiger partial charge in [0.25, 0.3) is 5.91 Å². The Morgan fingerprint density at radius 3 is 2.67 bits per heavy atom. The van der Waals surface area contributed by atoms with Crippen LogP contribution in [-0.2, 0) is 10.0 Å².